The van der Waals surface area contributed by atoms with Gasteiger partial charge in [-0.2, -0.15) is 0 Å². The smallest absolute Gasteiger partial charge is 0.338 e. The third kappa shape index (κ3) is 3.44. The number of hydrogen-bond acceptors (Lipinski definition) is 4. The maximum Gasteiger partial charge on any atom is 0.338 e. The van der Waals surface area contributed by atoms with Crippen LogP contribution in [0.4, 0.5) is 0 Å². The highest BCUT2D eigenvalue weighted by atomic mass is 127. The molecule has 1 rings (SSSR count). The molecule has 0 aliphatic rings. The first kappa shape index (κ1) is 13.4. The molecule has 1 aromatic carbocycles. The summed E-state index contributed by atoms with van der Waals surface area (Å²) in [4.78, 5) is 11.6. The Labute approximate surface area is 108 Å². The van der Waals surface area contributed by atoms with E-state index in [4.69, 9.17) is 4.74 Å². The summed E-state index contributed by atoms with van der Waals surface area (Å²) in [6.07, 6.45) is 1.10. The molecule has 4 nitrogen and oxygen atoms in total. The highest BCUT2D eigenvalue weighted by Crippen LogP contribution is 2.17. The molecule has 0 saturated carbocycles. The lowest BCUT2D eigenvalue weighted by molar-refractivity contribution is 0.0526. The maximum atomic E-state index is 11.5. The second kappa shape index (κ2) is 5.13. The fourth-order valence-corrected chi connectivity index (χ4v) is 2.67. The predicted octanol–water partition coefficient (Wildman–Crippen LogP) is 1.87. The number of rotatable bonds is 3. The first-order valence-corrected chi connectivity index (χ1v) is 7.49. The van der Waals surface area contributed by atoms with Crippen molar-refractivity contribution >= 4 is 38.4 Å². The van der Waals surface area contributed by atoms with Gasteiger partial charge in [0, 0.05) is 9.83 Å². The van der Waals surface area contributed by atoms with Crippen LogP contribution in [-0.2, 0) is 14.6 Å². The second-order valence-electron chi connectivity index (χ2n) is 3.17. The minimum absolute atomic E-state index is 0.127. The lowest BCUT2D eigenvalue weighted by Gasteiger charge is -2.05. The zero-order valence-corrected chi connectivity index (χ0v) is 11.8. The van der Waals surface area contributed by atoms with E-state index in [9.17, 15) is 13.2 Å². The first-order chi connectivity index (χ1) is 7.34. The fraction of sp³-hybridized carbons (Fsp3) is 0.300. The van der Waals surface area contributed by atoms with Crippen LogP contribution in [0.2, 0.25) is 0 Å². The van der Waals surface area contributed by atoms with Crippen LogP contribution in [0.1, 0.15) is 17.3 Å². The molecule has 0 spiro atoms. The number of sulfone groups is 1. The molecule has 0 N–H and O–H groups in total. The van der Waals surface area contributed by atoms with Crippen LogP contribution < -0.4 is 0 Å². The number of benzene rings is 1. The summed E-state index contributed by atoms with van der Waals surface area (Å²) < 4.78 is 28.2. The molecular formula is C10H11IO4S. The van der Waals surface area contributed by atoms with Crippen molar-refractivity contribution < 1.29 is 17.9 Å². The molecule has 0 aromatic heterocycles. The maximum absolute atomic E-state index is 11.5. The molecule has 88 valence electrons. The Hall–Kier alpha value is -0.630. The molecule has 0 heterocycles. The lowest BCUT2D eigenvalue weighted by Crippen LogP contribution is -2.07. The Balaban J connectivity index is 3.24. The van der Waals surface area contributed by atoms with Crippen molar-refractivity contribution in [2.75, 3.05) is 12.9 Å². The summed E-state index contributed by atoms with van der Waals surface area (Å²) in [6, 6.07) is 4.43. The minimum Gasteiger partial charge on any atom is -0.462 e. The Bertz CT molecular complexity index is 508. The number of carbonyl (C=O) groups is 1. The Kier molecular flexibility index (Phi) is 4.31. The SMILES string of the molecule is CCOC(=O)c1cc(I)cc(S(C)(=O)=O)c1. The topological polar surface area (TPSA) is 60.4 Å². The Morgan fingerprint density at radius 3 is 2.50 bits per heavy atom. The third-order valence-corrected chi connectivity index (χ3v) is 3.53. The van der Waals surface area contributed by atoms with Gasteiger partial charge < -0.3 is 4.74 Å². The van der Waals surface area contributed by atoms with E-state index in [1.807, 2.05) is 22.6 Å². The van der Waals surface area contributed by atoms with Gasteiger partial charge in [-0.25, -0.2) is 13.2 Å². The van der Waals surface area contributed by atoms with Crippen LogP contribution in [0, 0.1) is 3.57 Å². The largest absolute Gasteiger partial charge is 0.462 e. The van der Waals surface area contributed by atoms with Crippen molar-refractivity contribution in [3.63, 3.8) is 0 Å². The minimum atomic E-state index is -3.31. The van der Waals surface area contributed by atoms with E-state index in [0.717, 1.165) is 6.26 Å². The first-order valence-electron chi connectivity index (χ1n) is 4.52. The number of carbonyl (C=O) groups excluding carboxylic acids is 1. The normalized spacial score (nSPS) is 11.2. The van der Waals surface area contributed by atoms with Gasteiger partial charge in [-0.1, -0.05) is 0 Å². The van der Waals surface area contributed by atoms with Gasteiger partial charge in [0.15, 0.2) is 9.84 Å². The number of halogens is 1. The molecule has 0 bridgehead atoms. The number of esters is 1. The van der Waals surface area contributed by atoms with Crippen molar-refractivity contribution in [3.05, 3.63) is 27.3 Å². The van der Waals surface area contributed by atoms with Gasteiger partial charge in [0.25, 0.3) is 0 Å². The van der Waals surface area contributed by atoms with E-state index < -0.39 is 15.8 Å². The number of ether oxygens (including phenoxy) is 1. The van der Waals surface area contributed by atoms with Crippen LogP contribution in [0.15, 0.2) is 23.1 Å². The van der Waals surface area contributed by atoms with Gasteiger partial charge in [0.05, 0.1) is 17.1 Å². The summed E-state index contributed by atoms with van der Waals surface area (Å²) in [6.45, 7) is 1.96. The van der Waals surface area contributed by atoms with E-state index >= 15 is 0 Å². The molecule has 6 heteroatoms. The lowest BCUT2D eigenvalue weighted by atomic mass is 10.2. The van der Waals surface area contributed by atoms with Crippen molar-refractivity contribution in [1.82, 2.24) is 0 Å². The van der Waals surface area contributed by atoms with Crippen LogP contribution in [-0.4, -0.2) is 27.2 Å². The molecule has 1 aromatic rings. The molecule has 16 heavy (non-hydrogen) atoms. The quantitative estimate of drug-likeness (QED) is 0.614. The van der Waals surface area contributed by atoms with E-state index in [-0.39, 0.29) is 17.1 Å². The standard InChI is InChI=1S/C10H11IO4S/c1-3-15-10(12)7-4-8(11)6-9(5-7)16(2,13)14/h4-6H,3H2,1-2H3. The molecular weight excluding hydrogens is 343 g/mol. The second-order valence-corrected chi connectivity index (χ2v) is 6.43. The Morgan fingerprint density at radius 1 is 1.38 bits per heavy atom. The van der Waals surface area contributed by atoms with Gasteiger partial charge in [0.1, 0.15) is 0 Å². The monoisotopic (exact) mass is 354 g/mol. The molecule has 0 aliphatic carbocycles. The van der Waals surface area contributed by atoms with Gasteiger partial charge in [-0.15, -0.1) is 0 Å². The summed E-state index contributed by atoms with van der Waals surface area (Å²) in [5.74, 6) is -0.508. The van der Waals surface area contributed by atoms with Crippen LogP contribution in [0.25, 0.3) is 0 Å². The zero-order valence-electron chi connectivity index (χ0n) is 8.86. The van der Waals surface area contributed by atoms with Crippen LogP contribution in [0.3, 0.4) is 0 Å². The van der Waals surface area contributed by atoms with Crippen LogP contribution in [0.5, 0.6) is 0 Å². The van der Waals surface area contributed by atoms with Gasteiger partial charge in [-0.3, -0.25) is 0 Å². The third-order valence-electron chi connectivity index (χ3n) is 1.81. The average molecular weight is 354 g/mol. The van der Waals surface area contributed by atoms with E-state index in [2.05, 4.69) is 0 Å². The van der Waals surface area contributed by atoms with Gasteiger partial charge in [0.2, 0.25) is 0 Å². The fourth-order valence-electron chi connectivity index (χ4n) is 1.11. The van der Waals surface area contributed by atoms with Crippen molar-refractivity contribution in [1.29, 1.82) is 0 Å². The van der Waals surface area contributed by atoms with Crippen LogP contribution >= 0.6 is 22.6 Å². The molecule has 0 saturated heterocycles. The van der Waals surface area contributed by atoms with E-state index in [1.165, 1.54) is 12.1 Å². The van der Waals surface area contributed by atoms with E-state index in [1.54, 1.807) is 13.0 Å². The summed E-state index contributed by atoms with van der Waals surface area (Å²) in [7, 11) is -3.31. The van der Waals surface area contributed by atoms with Gasteiger partial charge >= 0.3 is 5.97 Å². The van der Waals surface area contributed by atoms with Crippen molar-refractivity contribution in [2.24, 2.45) is 0 Å². The summed E-state index contributed by atoms with van der Waals surface area (Å²) in [5, 5.41) is 0. The average Bonchev–Trinajstić information content (AvgIpc) is 2.16. The summed E-state index contributed by atoms with van der Waals surface area (Å²) >= 11 is 1.96. The highest BCUT2D eigenvalue weighted by molar-refractivity contribution is 14.1. The van der Waals surface area contributed by atoms with Gasteiger partial charge in [-0.05, 0) is 47.7 Å². The molecule has 0 atom stereocenters. The number of hydrogen-bond donors (Lipinski definition) is 0. The molecule has 0 radical (unpaired) electrons. The molecule has 0 aliphatic heterocycles. The van der Waals surface area contributed by atoms with E-state index in [0.29, 0.717) is 3.57 Å². The summed E-state index contributed by atoms with van der Waals surface area (Å²) in [5.41, 5.74) is 0.258. The zero-order chi connectivity index (χ0) is 12.3. The molecule has 0 fully saturated rings. The molecule has 0 unspecified atom stereocenters. The highest BCUT2D eigenvalue weighted by Gasteiger charge is 2.14. The molecule has 0 amide bonds. The Morgan fingerprint density at radius 2 is 2.00 bits per heavy atom. The van der Waals surface area contributed by atoms with Crippen molar-refractivity contribution in [3.8, 4) is 0 Å². The van der Waals surface area contributed by atoms with Crippen molar-refractivity contribution in [2.45, 2.75) is 11.8 Å². The predicted molar refractivity (Wildman–Crippen MR) is 68.2 cm³/mol.